The fraction of sp³-hybridized carbons (Fsp3) is 0.882. The second-order valence-electron chi connectivity index (χ2n) is 6.63. The average Bonchev–Trinajstić information content (AvgIpc) is 3.21. The minimum atomic E-state index is -0.411. The predicted molar refractivity (Wildman–Crippen MR) is 88.0 cm³/mol. The lowest BCUT2D eigenvalue weighted by Gasteiger charge is -2.25. The van der Waals surface area contributed by atoms with Crippen molar-refractivity contribution in [3.05, 3.63) is 0 Å². The van der Waals surface area contributed by atoms with Crippen molar-refractivity contribution in [1.82, 2.24) is 10.6 Å². The van der Waals surface area contributed by atoms with E-state index in [1.54, 1.807) is 13.8 Å². The van der Waals surface area contributed by atoms with Gasteiger partial charge < -0.3 is 15.4 Å². The van der Waals surface area contributed by atoms with Gasteiger partial charge in [-0.3, -0.25) is 9.59 Å². The number of likely N-dealkylation sites (N-methyl/N-ethyl adjacent to an activating group) is 2. The molecule has 1 heterocycles. The van der Waals surface area contributed by atoms with Crippen LogP contribution in [0.3, 0.4) is 0 Å². The van der Waals surface area contributed by atoms with E-state index in [2.05, 4.69) is 10.6 Å². The van der Waals surface area contributed by atoms with Crippen molar-refractivity contribution < 1.29 is 14.3 Å². The zero-order chi connectivity index (χ0) is 16.8. The summed E-state index contributed by atoms with van der Waals surface area (Å²) < 4.78 is 5.69. The van der Waals surface area contributed by atoms with Crippen LogP contribution in [0.25, 0.3) is 0 Å². The third kappa shape index (κ3) is 5.78. The zero-order valence-corrected chi connectivity index (χ0v) is 14.7. The van der Waals surface area contributed by atoms with E-state index in [-0.39, 0.29) is 17.6 Å². The number of ketones is 2. The molecule has 4 unspecified atom stereocenters. The molecule has 128 valence electrons. The molecule has 0 spiro atoms. The van der Waals surface area contributed by atoms with Crippen LogP contribution in [-0.2, 0) is 14.3 Å². The molecule has 1 rings (SSSR count). The van der Waals surface area contributed by atoms with Crippen molar-refractivity contribution in [2.45, 2.75) is 83.1 Å². The molecular formula is C17H32N2O3. The summed E-state index contributed by atoms with van der Waals surface area (Å²) in [7, 11) is 3.67. The molecule has 0 radical (unpaired) electrons. The smallest absolute Gasteiger partial charge is 0.149 e. The number of rotatable bonds is 12. The number of hydrogen-bond donors (Lipinski definition) is 2. The minimum Gasteiger partial charge on any atom is -0.370 e. The lowest BCUT2D eigenvalue weighted by atomic mass is 9.90. The van der Waals surface area contributed by atoms with E-state index >= 15 is 0 Å². The molecule has 0 amide bonds. The summed E-state index contributed by atoms with van der Waals surface area (Å²) in [6.45, 7) is 5.23. The molecule has 1 aliphatic heterocycles. The van der Waals surface area contributed by atoms with Crippen molar-refractivity contribution in [3.8, 4) is 0 Å². The maximum Gasteiger partial charge on any atom is 0.149 e. The normalized spacial score (nSPS) is 24.6. The van der Waals surface area contributed by atoms with Gasteiger partial charge in [-0.2, -0.15) is 0 Å². The van der Waals surface area contributed by atoms with Crippen molar-refractivity contribution in [3.63, 3.8) is 0 Å². The molecule has 0 aromatic carbocycles. The van der Waals surface area contributed by atoms with Crippen molar-refractivity contribution in [2.75, 3.05) is 14.1 Å². The molecule has 5 nitrogen and oxygen atoms in total. The van der Waals surface area contributed by atoms with E-state index in [1.165, 1.54) is 0 Å². The van der Waals surface area contributed by atoms with Crippen LogP contribution in [0.1, 0.15) is 59.3 Å². The van der Waals surface area contributed by atoms with E-state index in [9.17, 15) is 9.59 Å². The first kappa shape index (κ1) is 19.3. The lowest BCUT2D eigenvalue weighted by Crippen LogP contribution is -2.46. The highest BCUT2D eigenvalue weighted by Gasteiger charge is 2.38. The molecule has 0 bridgehead atoms. The van der Waals surface area contributed by atoms with Gasteiger partial charge in [0.2, 0.25) is 0 Å². The summed E-state index contributed by atoms with van der Waals surface area (Å²) in [5.74, 6) is 0.386. The highest BCUT2D eigenvalue weighted by Crippen LogP contribution is 2.32. The predicted octanol–water partition coefficient (Wildman–Crippen LogP) is 1.84. The van der Waals surface area contributed by atoms with Gasteiger partial charge in [-0.1, -0.05) is 0 Å². The standard InChI is InChI=1S/C17H32N2O3/c1-12(20)14(18-4)8-6-9-15-16(22-15)10-7-11-17(3,19-5)13(2)21/h14-16,18-19H,6-11H2,1-5H3. The number of nitrogens with one attached hydrogen (secondary N) is 2. The number of Topliss-reactive ketones (excluding diaryl/α,β-unsaturated/α-hetero) is 2. The third-order valence-electron chi connectivity index (χ3n) is 5.00. The molecule has 22 heavy (non-hydrogen) atoms. The second kappa shape index (κ2) is 8.75. The Bertz CT molecular complexity index is 386. The minimum absolute atomic E-state index is 0.0240. The Hall–Kier alpha value is -0.780. The summed E-state index contributed by atoms with van der Waals surface area (Å²) in [6.07, 6.45) is 6.45. The fourth-order valence-electron chi connectivity index (χ4n) is 2.89. The van der Waals surface area contributed by atoms with Crippen LogP contribution in [0, 0.1) is 0 Å². The van der Waals surface area contributed by atoms with E-state index in [0.29, 0.717) is 12.2 Å². The van der Waals surface area contributed by atoms with E-state index in [0.717, 1.165) is 38.5 Å². The topological polar surface area (TPSA) is 70.7 Å². The van der Waals surface area contributed by atoms with Gasteiger partial charge in [0.05, 0.1) is 23.8 Å². The molecule has 2 N–H and O–H groups in total. The first-order chi connectivity index (χ1) is 10.3. The Morgan fingerprint density at radius 3 is 2.18 bits per heavy atom. The summed E-state index contributed by atoms with van der Waals surface area (Å²) in [4.78, 5) is 22.9. The van der Waals surface area contributed by atoms with Crippen molar-refractivity contribution in [1.29, 1.82) is 0 Å². The van der Waals surface area contributed by atoms with Crippen LogP contribution >= 0.6 is 0 Å². The van der Waals surface area contributed by atoms with Gasteiger partial charge in [0.1, 0.15) is 11.6 Å². The Morgan fingerprint density at radius 1 is 1.14 bits per heavy atom. The van der Waals surface area contributed by atoms with E-state index in [4.69, 9.17) is 4.74 Å². The van der Waals surface area contributed by atoms with Crippen LogP contribution in [0.2, 0.25) is 0 Å². The number of carbonyl (C=O) groups is 2. The Balaban J connectivity index is 2.14. The molecule has 1 saturated heterocycles. The molecule has 0 aromatic rings. The Labute approximate surface area is 134 Å². The molecule has 5 heteroatoms. The maximum absolute atomic E-state index is 11.6. The summed E-state index contributed by atoms with van der Waals surface area (Å²) in [5.41, 5.74) is -0.411. The van der Waals surface area contributed by atoms with Gasteiger partial charge in [0.25, 0.3) is 0 Å². The third-order valence-corrected chi connectivity index (χ3v) is 5.00. The van der Waals surface area contributed by atoms with Crippen molar-refractivity contribution in [2.24, 2.45) is 0 Å². The van der Waals surface area contributed by atoms with Crippen LogP contribution in [0.15, 0.2) is 0 Å². The first-order valence-electron chi connectivity index (χ1n) is 8.37. The first-order valence-corrected chi connectivity index (χ1v) is 8.37. The Kier molecular flexibility index (Phi) is 7.66. The number of ether oxygens (including phenoxy) is 1. The fourth-order valence-corrected chi connectivity index (χ4v) is 2.89. The SMILES string of the molecule is CNC(CCCC1OC1CCCC(C)(NC)C(C)=O)C(C)=O. The molecule has 1 fully saturated rings. The van der Waals surface area contributed by atoms with Crippen LogP contribution in [0.4, 0.5) is 0 Å². The van der Waals surface area contributed by atoms with Crippen LogP contribution < -0.4 is 10.6 Å². The monoisotopic (exact) mass is 312 g/mol. The number of epoxide rings is 1. The second-order valence-corrected chi connectivity index (χ2v) is 6.63. The largest absolute Gasteiger partial charge is 0.370 e. The molecule has 0 aromatic heterocycles. The highest BCUT2D eigenvalue weighted by molar-refractivity contribution is 5.85. The zero-order valence-electron chi connectivity index (χ0n) is 14.7. The van der Waals surface area contributed by atoms with Gasteiger partial charge in [-0.05, 0) is 73.4 Å². The number of hydrogen-bond acceptors (Lipinski definition) is 5. The van der Waals surface area contributed by atoms with Gasteiger partial charge in [0.15, 0.2) is 0 Å². The maximum atomic E-state index is 11.6. The van der Waals surface area contributed by atoms with Gasteiger partial charge in [-0.25, -0.2) is 0 Å². The van der Waals surface area contributed by atoms with Gasteiger partial charge >= 0.3 is 0 Å². The summed E-state index contributed by atoms with van der Waals surface area (Å²) in [6, 6.07) is -0.0240. The molecular weight excluding hydrogens is 280 g/mol. The lowest BCUT2D eigenvalue weighted by molar-refractivity contribution is -0.123. The summed E-state index contributed by atoms with van der Waals surface area (Å²) in [5, 5.41) is 6.16. The molecule has 4 atom stereocenters. The number of carbonyl (C=O) groups excluding carboxylic acids is 2. The highest BCUT2D eigenvalue weighted by atomic mass is 16.6. The van der Waals surface area contributed by atoms with E-state index in [1.807, 2.05) is 21.0 Å². The van der Waals surface area contributed by atoms with Gasteiger partial charge in [0, 0.05) is 0 Å². The van der Waals surface area contributed by atoms with E-state index < -0.39 is 5.54 Å². The molecule has 0 aliphatic carbocycles. The van der Waals surface area contributed by atoms with Crippen molar-refractivity contribution >= 4 is 11.6 Å². The van der Waals surface area contributed by atoms with Gasteiger partial charge in [-0.15, -0.1) is 0 Å². The Morgan fingerprint density at radius 2 is 1.73 bits per heavy atom. The summed E-state index contributed by atoms with van der Waals surface area (Å²) >= 11 is 0. The van der Waals surface area contributed by atoms with Crippen LogP contribution in [0.5, 0.6) is 0 Å². The average molecular weight is 312 g/mol. The molecule has 1 aliphatic rings. The molecule has 0 saturated carbocycles. The quantitative estimate of drug-likeness (QED) is 0.538. The van der Waals surface area contributed by atoms with Crippen LogP contribution in [-0.4, -0.2) is 49.5 Å².